The standard InChI is InChI=1S/C21H30FN5/c1-6-16(13-26(4)5)14-27-15(2)25-20-12-17(22)11-18(21(20)27)19(24-3)9-7-8-10-23/h7-12,16H,6,13-14,23H2,1-5H3/b9-7-,10-8+,24-19+. The van der Waals surface area contributed by atoms with E-state index in [1.165, 1.54) is 18.3 Å². The fourth-order valence-electron chi connectivity index (χ4n) is 3.36. The molecule has 0 aliphatic heterocycles. The molecule has 2 N–H and O–H groups in total. The minimum Gasteiger partial charge on any atom is -0.405 e. The Hall–Kier alpha value is -2.47. The number of aryl methyl sites for hydroxylation is 1. The first-order valence-electron chi connectivity index (χ1n) is 9.24. The zero-order chi connectivity index (χ0) is 20.0. The second-order valence-electron chi connectivity index (χ2n) is 6.98. The molecule has 0 radical (unpaired) electrons. The van der Waals surface area contributed by atoms with Crippen molar-refractivity contribution in [2.45, 2.75) is 26.8 Å². The van der Waals surface area contributed by atoms with Crippen LogP contribution in [0, 0.1) is 18.7 Å². The number of benzene rings is 1. The summed E-state index contributed by atoms with van der Waals surface area (Å²) in [4.78, 5) is 11.2. The van der Waals surface area contributed by atoms with Crippen molar-refractivity contribution in [1.82, 2.24) is 14.5 Å². The molecule has 1 atom stereocenters. The van der Waals surface area contributed by atoms with Crippen LogP contribution in [0.25, 0.3) is 11.0 Å². The van der Waals surface area contributed by atoms with E-state index >= 15 is 0 Å². The second-order valence-corrected chi connectivity index (χ2v) is 6.98. The van der Waals surface area contributed by atoms with Gasteiger partial charge in [-0.05, 0) is 51.4 Å². The number of hydrogen-bond acceptors (Lipinski definition) is 4. The van der Waals surface area contributed by atoms with Crippen molar-refractivity contribution >= 4 is 16.7 Å². The Balaban J connectivity index is 2.60. The van der Waals surface area contributed by atoms with Crippen LogP contribution in [0.3, 0.4) is 0 Å². The van der Waals surface area contributed by atoms with Gasteiger partial charge in [-0.25, -0.2) is 9.37 Å². The molecule has 2 rings (SSSR count). The summed E-state index contributed by atoms with van der Waals surface area (Å²) in [5.74, 6) is 1.05. The molecule has 27 heavy (non-hydrogen) atoms. The van der Waals surface area contributed by atoms with E-state index < -0.39 is 0 Å². The van der Waals surface area contributed by atoms with Crippen LogP contribution in [0.15, 0.2) is 41.6 Å². The number of nitrogens with two attached hydrogens (primary N) is 1. The molecule has 1 heterocycles. The van der Waals surface area contributed by atoms with Crippen molar-refractivity contribution in [2.24, 2.45) is 16.6 Å². The van der Waals surface area contributed by atoms with E-state index in [2.05, 4.69) is 40.5 Å². The highest BCUT2D eigenvalue weighted by Gasteiger charge is 2.18. The van der Waals surface area contributed by atoms with Crippen molar-refractivity contribution < 1.29 is 4.39 Å². The van der Waals surface area contributed by atoms with Crippen molar-refractivity contribution in [3.8, 4) is 0 Å². The van der Waals surface area contributed by atoms with E-state index in [9.17, 15) is 4.39 Å². The highest BCUT2D eigenvalue weighted by atomic mass is 19.1. The SMILES string of the molecule is CCC(CN(C)C)Cn1c(C)nc2cc(F)cc(C(/C=C\C=C\N)=N/C)c21. The maximum absolute atomic E-state index is 14.3. The maximum atomic E-state index is 14.3. The third kappa shape index (κ3) is 5.04. The lowest BCUT2D eigenvalue weighted by Crippen LogP contribution is -2.25. The molecule has 0 aliphatic carbocycles. The minimum atomic E-state index is -0.314. The lowest BCUT2D eigenvalue weighted by molar-refractivity contribution is 0.293. The molecule has 0 amide bonds. The highest BCUT2D eigenvalue weighted by molar-refractivity contribution is 6.15. The van der Waals surface area contributed by atoms with Crippen LogP contribution in [0.4, 0.5) is 4.39 Å². The number of aliphatic imine (C=N–C) groups is 1. The summed E-state index contributed by atoms with van der Waals surface area (Å²) >= 11 is 0. The largest absolute Gasteiger partial charge is 0.405 e. The first-order chi connectivity index (χ1) is 12.9. The summed E-state index contributed by atoms with van der Waals surface area (Å²) < 4.78 is 16.4. The Labute approximate surface area is 161 Å². The van der Waals surface area contributed by atoms with Crippen LogP contribution >= 0.6 is 0 Å². The molecule has 1 aromatic heterocycles. The highest BCUT2D eigenvalue weighted by Crippen LogP contribution is 2.25. The fraction of sp³-hybridized carbons (Fsp3) is 0.429. The van der Waals surface area contributed by atoms with Crippen LogP contribution in [-0.2, 0) is 6.54 Å². The van der Waals surface area contributed by atoms with Gasteiger partial charge in [0.2, 0.25) is 0 Å². The topological polar surface area (TPSA) is 59.4 Å². The molecular weight excluding hydrogens is 341 g/mol. The van der Waals surface area contributed by atoms with E-state index in [4.69, 9.17) is 5.73 Å². The number of hydrogen-bond donors (Lipinski definition) is 1. The third-order valence-electron chi connectivity index (χ3n) is 4.63. The van der Waals surface area contributed by atoms with Gasteiger partial charge in [0, 0.05) is 31.8 Å². The average molecular weight is 372 g/mol. The van der Waals surface area contributed by atoms with E-state index in [0.29, 0.717) is 17.1 Å². The molecular formula is C21H30FN5. The van der Waals surface area contributed by atoms with Gasteiger partial charge in [0.1, 0.15) is 11.6 Å². The monoisotopic (exact) mass is 371 g/mol. The number of aromatic nitrogens is 2. The summed E-state index contributed by atoms with van der Waals surface area (Å²) in [7, 11) is 5.87. The predicted molar refractivity (Wildman–Crippen MR) is 112 cm³/mol. The zero-order valence-electron chi connectivity index (χ0n) is 16.9. The lowest BCUT2D eigenvalue weighted by Gasteiger charge is -2.21. The molecule has 0 saturated heterocycles. The molecule has 0 spiro atoms. The number of rotatable bonds is 8. The van der Waals surface area contributed by atoms with Crippen LogP contribution in [0.5, 0.6) is 0 Å². The molecule has 0 bridgehead atoms. The van der Waals surface area contributed by atoms with Crippen molar-refractivity contribution in [1.29, 1.82) is 0 Å². The molecule has 5 nitrogen and oxygen atoms in total. The third-order valence-corrected chi connectivity index (χ3v) is 4.63. The Bertz CT molecular complexity index is 861. The lowest BCUT2D eigenvalue weighted by atomic mass is 10.0. The van der Waals surface area contributed by atoms with Crippen LogP contribution in [0.2, 0.25) is 0 Å². The van der Waals surface area contributed by atoms with Gasteiger partial charge >= 0.3 is 0 Å². The normalized spacial score (nSPS) is 14.3. The van der Waals surface area contributed by atoms with E-state index in [-0.39, 0.29) is 5.82 Å². The Morgan fingerprint density at radius 3 is 2.70 bits per heavy atom. The Morgan fingerprint density at radius 2 is 2.11 bits per heavy atom. The molecule has 1 aromatic carbocycles. The van der Waals surface area contributed by atoms with Crippen LogP contribution in [0.1, 0.15) is 24.7 Å². The first-order valence-corrected chi connectivity index (χ1v) is 9.24. The number of nitrogens with zero attached hydrogens (tertiary/aromatic N) is 4. The maximum Gasteiger partial charge on any atom is 0.126 e. The van der Waals surface area contributed by atoms with E-state index in [0.717, 1.165) is 36.4 Å². The van der Waals surface area contributed by atoms with Gasteiger partial charge in [0.15, 0.2) is 0 Å². The van der Waals surface area contributed by atoms with Gasteiger partial charge in [-0.1, -0.05) is 19.4 Å². The van der Waals surface area contributed by atoms with Gasteiger partial charge in [-0.15, -0.1) is 0 Å². The number of halogens is 1. The van der Waals surface area contributed by atoms with Crippen LogP contribution in [-0.4, -0.2) is 47.9 Å². The molecule has 0 saturated carbocycles. The molecule has 0 aliphatic rings. The zero-order valence-corrected chi connectivity index (χ0v) is 16.9. The van der Waals surface area contributed by atoms with Gasteiger partial charge in [0.05, 0.1) is 16.7 Å². The molecule has 146 valence electrons. The van der Waals surface area contributed by atoms with Gasteiger partial charge in [-0.2, -0.15) is 0 Å². The van der Waals surface area contributed by atoms with Gasteiger partial charge in [0.25, 0.3) is 0 Å². The number of allylic oxidation sites excluding steroid dienone is 3. The van der Waals surface area contributed by atoms with Crippen molar-refractivity contribution in [3.63, 3.8) is 0 Å². The van der Waals surface area contributed by atoms with E-state index in [1.54, 1.807) is 19.2 Å². The summed E-state index contributed by atoms with van der Waals surface area (Å²) in [5.41, 5.74) is 8.42. The van der Waals surface area contributed by atoms with Gasteiger partial charge in [-0.3, -0.25) is 4.99 Å². The van der Waals surface area contributed by atoms with Gasteiger partial charge < -0.3 is 15.2 Å². The predicted octanol–water partition coefficient (Wildman–Crippen LogP) is 3.52. The van der Waals surface area contributed by atoms with Crippen LogP contribution < -0.4 is 5.73 Å². The smallest absolute Gasteiger partial charge is 0.126 e. The molecule has 2 aromatic rings. The number of fused-ring (bicyclic) bond motifs is 1. The molecule has 1 unspecified atom stereocenters. The summed E-state index contributed by atoms with van der Waals surface area (Å²) in [6, 6.07) is 3.03. The first kappa shape index (κ1) is 20.8. The number of imidazole rings is 1. The minimum absolute atomic E-state index is 0.314. The Morgan fingerprint density at radius 1 is 1.37 bits per heavy atom. The van der Waals surface area contributed by atoms with E-state index in [1.807, 2.05) is 13.0 Å². The van der Waals surface area contributed by atoms with Crippen molar-refractivity contribution in [3.05, 3.63) is 53.8 Å². The molecule has 6 heteroatoms. The fourth-order valence-corrected chi connectivity index (χ4v) is 3.36. The Kier molecular flexibility index (Phi) is 7.30. The van der Waals surface area contributed by atoms with Crippen molar-refractivity contribution in [2.75, 3.05) is 27.7 Å². The summed E-state index contributed by atoms with van der Waals surface area (Å²) in [6.45, 7) is 5.99. The quantitative estimate of drug-likeness (QED) is 0.570. The second kappa shape index (κ2) is 9.46. The molecule has 0 fully saturated rings. The average Bonchev–Trinajstić information content (AvgIpc) is 2.92. The summed E-state index contributed by atoms with van der Waals surface area (Å²) in [5, 5.41) is 0. The summed E-state index contributed by atoms with van der Waals surface area (Å²) in [6.07, 6.45) is 7.86.